The summed E-state index contributed by atoms with van der Waals surface area (Å²) < 4.78 is 11.2. The monoisotopic (exact) mass is 310 g/mol. The number of benzene rings is 2. The third-order valence-electron chi connectivity index (χ3n) is 3.88. The average molecular weight is 310 g/mol. The Kier molecular flexibility index (Phi) is 6.74. The second-order valence-corrected chi connectivity index (χ2v) is 5.56. The van der Waals surface area contributed by atoms with Gasteiger partial charge in [-0.2, -0.15) is 0 Å². The molecule has 23 heavy (non-hydrogen) atoms. The fourth-order valence-corrected chi connectivity index (χ4v) is 2.65. The standard InChI is InChI=1S/C21H26O2/c1-4-5-6-7-9-12-17-15-19(22-2)21(20(16-17)23-3)18-13-10-8-11-14-18/h8-16H,4-7H2,1-3H3. The van der Waals surface area contributed by atoms with Crippen LogP contribution in [0.2, 0.25) is 0 Å². The molecule has 0 aromatic heterocycles. The largest absolute Gasteiger partial charge is 0.496 e. The Bertz CT molecular complexity index is 605. The third kappa shape index (κ3) is 4.62. The van der Waals surface area contributed by atoms with Gasteiger partial charge >= 0.3 is 0 Å². The van der Waals surface area contributed by atoms with Gasteiger partial charge in [0.15, 0.2) is 0 Å². The minimum absolute atomic E-state index is 0.837. The van der Waals surface area contributed by atoms with Crippen LogP contribution in [-0.4, -0.2) is 14.2 Å². The molecule has 0 aliphatic heterocycles. The predicted octanol–water partition coefficient (Wildman–Crippen LogP) is 5.96. The van der Waals surface area contributed by atoms with Gasteiger partial charge in [-0.15, -0.1) is 0 Å². The van der Waals surface area contributed by atoms with Crippen LogP contribution in [0.25, 0.3) is 17.2 Å². The first kappa shape index (κ1) is 17.1. The number of hydrogen-bond acceptors (Lipinski definition) is 2. The molecule has 2 aromatic rings. The quantitative estimate of drug-likeness (QED) is 0.560. The molecule has 2 heteroatoms. The number of hydrogen-bond donors (Lipinski definition) is 0. The fraction of sp³-hybridized carbons (Fsp3) is 0.333. The molecule has 0 fully saturated rings. The molecule has 2 aromatic carbocycles. The summed E-state index contributed by atoms with van der Waals surface area (Å²) >= 11 is 0. The molecule has 2 nitrogen and oxygen atoms in total. The van der Waals surface area contributed by atoms with Crippen LogP contribution in [0.1, 0.15) is 38.2 Å². The molecule has 0 spiro atoms. The maximum atomic E-state index is 5.61. The van der Waals surface area contributed by atoms with Crippen molar-refractivity contribution in [2.75, 3.05) is 14.2 Å². The molecule has 0 amide bonds. The highest BCUT2D eigenvalue weighted by atomic mass is 16.5. The zero-order valence-electron chi connectivity index (χ0n) is 14.3. The molecular formula is C21H26O2. The highest BCUT2D eigenvalue weighted by Gasteiger charge is 2.13. The molecule has 2 rings (SSSR count). The second kappa shape index (κ2) is 9.04. The van der Waals surface area contributed by atoms with Crippen molar-refractivity contribution >= 4 is 6.08 Å². The molecule has 0 N–H and O–H groups in total. The molecule has 0 aliphatic rings. The molecule has 0 heterocycles. The number of allylic oxidation sites excluding steroid dienone is 1. The van der Waals surface area contributed by atoms with E-state index in [4.69, 9.17) is 9.47 Å². The SMILES string of the molecule is CCCCCC=Cc1cc(OC)c(-c2ccccc2)c(OC)c1. The molecule has 0 unspecified atom stereocenters. The van der Waals surface area contributed by atoms with Gasteiger partial charge in [0.25, 0.3) is 0 Å². The lowest BCUT2D eigenvalue weighted by Crippen LogP contribution is -1.94. The van der Waals surface area contributed by atoms with Gasteiger partial charge in [0.1, 0.15) is 11.5 Å². The van der Waals surface area contributed by atoms with Gasteiger partial charge in [0.2, 0.25) is 0 Å². The number of unbranched alkanes of at least 4 members (excludes halogenated alkanes) is 3. The van der Waals surface area contributed by atoms with Gasteiger partial charge in [-0.3, -0.25) is 0 Å². The van der Waals surface area contributed by atoms with Gasteiger partial charge < -0.3 is 9.47 Å². The van der Waals surface area contributed by atoms with Crippen LogP contribution in [0.3, 0.4) is 0 Å². The molecule has 0 atom stereocenters. The Morgan fingerprint density at radius 1 is 0.913 bits per heavy atom. The van der Waals surface area contributed by atoms with E-state index in [9.17, 15) is 0 Å². The summed E-state index contributed by atoms with van der Waals surface area (Å²) in [6.45, 7) is 2.22. The summed E-state index contributed by atoms with van der Waals surface area (Å²) in [5, 5.41) is 0. The number of rotatable bonds is 8. The summed E-state index contributed by atoms with van der Waals surface area (Å²) in [6, 6.07) is 14.3. The molecule has 0 radical (unpaired) electrons. The van der Waals surface area contributed by atoms with E-state index >= 15 is 0 Å². The summed E-state index contributed by atoms with van der Waals surface area (Å²) in [6.07, 6.45) is 9.26. The van der Waals surface area contributed by atoms with Gasteiger partial charge in [-0.25, -0.2) is 0 Å². The zero-order valence-corrected chi connectivity index (χ0v) is 14.3. The smallest absolute Gasteiger partial charge is 0.131 e. The molecular weight excluding hydrogens is 284 g/mol. The van der Waals surface area contributed by atoms with Crippen LogP contribution < -0.4 is 9.47 Å². The molecule has 0 saturated heterocycles. The van der Waals surface area contributed by atoms with E-state index in [2.05, 4.69) is 43.3 Å². The normalized spacial score (nSPS) is 10.9. The Morgan fingerprint density at radius 3 is 2.13 bits per heavy atom. The van der Waals surface area contributed by atoms with Crippen LogP contribution in [-0.2, 0) is 0 Å². The van der Waals surface area contributed by atoms with Crippen LogP contribution >= 0.6 is 0 Å². The topological polar surface area (TPSA) is 18.5 Å². The van der Waals surface area contributed by atoms with E-state index in [0.29, 0.717) is 0 Å². The average Bonchev–Trinajstić information content (AvgIpc) is 2.61. The van der Waals surface area contributed by atoms with E-state index in [1.165, 1.54) is 19.3 Å². The summed E-state index contributed by atoms with van der Waals surface area (Å²) in [5.74, 6) is 1.67. The highest BCUT2D eigenvalue weighted by molar-refractivity contribution is 5.79. The van der Waals surface area contributed by atoms with E-state index in [0.717, 1.165) is 34.6 Å². The lowest BCUT2D eigenvalue weighted by Gasteiger charge is -2.14. The summed E-state index contributed by atoms with van der Waals surface area (Å²) in [7, 11) is 3.41. The molecule has 0 saturated carbocycles. The molecule has 0 bridgehead atoms. The lowest BCUT2D eigenvalue weighted by atomic mass is 10.0. The maximum absolute atomic E-state index is 5.61. The van der Waals surface area contributed by atoms with Crippen molar-refractivity contribution in [3.05, 3.63) is 54.1 Å². The number of methoxy groups -OCH3 is 2. The Hall–Kier alpha value is -2.22. The maximum Gasteiger partial charge on any atom is 0.131 e. The van der Waals surface area contributed by atoms with Crippen LogP contribution in [0.4, 0.5) is 0 Å². The first-order valence-electron chi connectivity index (χ1n) is 8.28. The first-order valence-corrected chi connectivity index (χ1v) is 8.28. The van der Waals surface area contributed by atoms with Crippen LogP contribution in [0.5, 0.6) is 11.5 Å². The minimum atomic E-state index is 0.837. The van der Waals surface area contributed by atoms with Crippen molar-refractivity contribution in [2.24, 2.45) is 0 Å². The molecule has 122 valence electrons. The summed E-state index contributed by atoms with van der Waals surface area (Å²) in [4.78, 5) is 0. The minimum Gasteiger partial charge on any atom is -0.496 e. The Balaban J connectivity index is 2.31. The van der Waals surface area contributed by atoms with Crippen molar-refractivity contribution in [3.8, 4) is 22.6 Å². The van der Waals surface area contributed by atoms with Crippen molar-refractivity contribution in [1.29, 1.82) is 0 Å². The third-order valence-corrected chi connectivity index (χ3v) is 3.88. The van der Waals surface area contributed by atoms with Crippen LogP contribution in [0, 0.1) is 0 Å². The second-order valence-electron chi connectivity index (χ2n) is 5.56. The van der Waals surface area contributed by atoms with Crippen molar-refractivity contribution in [2.45, 2.75) is 32.6 Å². The van der Waals surface area contributed by atoms with E-state index in [1.54, 1.807) is 14.2 Å². The van der Waals surface area contributed by atoms with Crippen molar-refractivity contribution in [1.82, 2.24) is 0 Å². The van der Waals surface area contributed by atoms with Crippen molar-refractivity contribution in [3.63, 3.8) is 0 Å². The fourth-order valence-electron chi connectivity index (χ4n) is 2.65. The van der Waals surface area contributed by atoms with E-state index in [-0.39, 0.29) is 0 Å². The number of ether oxygens (including phenoxy) is 2. The Labute approximate surface area is 139 Å². The lowest BCUT2D eigenvalue weighted by molar-refractivity contribution is 0.397. The van der Waals surface area contributed by atoms with Gasteiger partial charge in [-0.1, -0.05) is 62.2 Å². The first-order chi connectivity index (χ1) is 11.3. The van der Waals surface area contributed by atoms with Gasteiger partial charge in [0.05, 0.1) is 19.8 Å². The van der Waals surface area contributed by atoms with E-state index in [1.807, 2.05) is 18.2 Å². The summed E-state index contributed by atoms with van der Waals surface area (Å²) in [5.41, 5.74) is 3.20. The highest BCUT2D eigenvalue weighted by Crippen LogP contribution is 2.39. The van der Waals surface area contributed by atoms with Crippen LogP contribution in [0.15, 0.2) is 48.5 Å². The Morgan fingerprint density at radius 2 is 1.57 bits per heavy atom. The van der Waals surface area contributed by atoms with Gasteiger partial charge in [-0.05, 0) is 36.1 Å². The predicted molar refractivity (Wildman–Crippen MR) is 98.2 cm³/mol. The zero-order chi connectivity index (χ0) is 16.5. The van der Waals surface area contributed by atoms with E-state index < -0.39 is 0 Å². The van der Waals surface area contributed by atoms with Gasteiger partial charge in [0, 0.05) is 0 Å². The van der Waals surface area contributed by atoms with Crippen molar-refractivity contribution < 1.29 is 9.47 Å². The molecule has 0 aliphatic carbocycles.